The number of carboxylic acid groups (broad SMARTS) is 1. The molecule has 0 aliphatic heterocycles. The first-order valence-electron chi connectivity index (χ1n) is 7.88. The fourth-order valence-electron chi connectivity index (χ4n) is 2.31. The van der Waals surface area contributed by atoms with Crippen molar-refractivity contribution in [3.05, 3.63) is 89.5 Å². The fraction of sp³-hybridized carbons (Fsp3) is 0.0952. The molecule has 2 aromatic carbocycles. The molecule has 0 heterocycles. The van der Waals surface area contributed by atoms with Gasteiger partial charge in [-0.2, -0.15) is 5.26 Å². The smallest absolute Gasteiger partial charge is 0.349 e. The summed E-state index contributed by atoms with van der Waals surface area (Å²) in [4.78, 5) is 23.2. The molecule has 130 valence electrons. The highest BCUT2D eigenvalue weighted by Crippen LogP contribution is 2.27. The molecule has 1 N–H and O–H groups in total. The molecule has 2 aromatic rings. The first-order chi connectivity index (χ1) is 12.5. The molecule has 0 radical (unpaired) electrons. The summed E-state index contributed by atoms with van der Waals surface area (Å²) in [5.41, 5.74) is 1.69. The van der Waals surface area contributed by atoms with Crippen molar-refractivity contribution in [3.8, 4) is 6.07 Å². The van der Waals surface area contributed by atoms with E-state index in [-0.39, 0.29) is 24.2 Å². The van der Waals surface area contributed by atoms with Crippen LogP contribution in [0.1, 0.15) is 17.5 Å². The minimum Gasteiger partial charge on any atom is -0.478 e. The minimum atomic E-state index is -1.15. The Morgan fingerprint density at radius 3 is 1.92 bits per heavy atom. The van der Waals surface area contributed by atoms with Crippen LogP contribution in [0.3, 0.4) is 0 Å². The molecule has 0 atom stereocenters. The number of nitrogens with zero attached hydrogens (tertiary/aromatic N) is 1. The Kier molecular flexibility index (Phi) is 6.47. The molecule has 0 spiro atoms. The summed E-state index contributed by atoms with van der Waals surface area (Å²) in [7, 11) is 0. The number of carbonyl (C=O) groups excluding carboxylic acids is 1. The molecule has 0 aliphatic rings. The molecule has 0 aromatic heterocycles. The lowest BCUT2D eigenvalue weighted by Gasteiger charge is -2.12. The van der Waals surface area contributed by atoms with Crippen LogP contribution in [0.5, 0.6) is 0 Å². The van der Waals surface area contributed by atoms with E-state index < -0.39 is 11.9 Å². The van der Waals surface area contributed by atoms with Crippen molar-refractivity contribution in [2.24, 2.45) is 0 Å². The van der Waals surface area contributed by atoms with E-state index in [0.29, 0.717) is 16.7 Å². The van der Waals surface area contributed by atoms with E-state index in [1.165, 1.54) is 0 Å². The Morgan fingerprint density at radius 1 is 1.00 bits per heavy atom. The van der Waals surface area contributed by atoms with Crippen LogP contribution in [-0.4, -0.2) is 23.7 Å². The standard InChI is InChI=1S/C21H17NO4/c1-15(20(23)24)12-13-26-21(25)18(14-22)19(16-8-4-2-5-9-16)17-10-6-3-7-11-17/h2-11H,1,12-13H2,(H,23,24). The third-order valence-corrected chi connectivity index (χ3v) is 3.63. The van der Waals surface area contributed by atoms with Gasteiger partial charge in [0.1, 0.15) is 11.6 Å². The van der Waals surface area contributed by atoms with Gasteiger partial charge >= 0.3 is 11.9 Å². The number of carbonyl (C=O) groups is 2. The van der Waals surface area contributed by atoms with Gasteiger partial charge < -0.3 is 9.84 Å². The number of ether oxygens (including phenoxy) is 1. The largest absolute Gasteiger partial charge is 0.478 e. The lowest BCUT2D eigenvalue weighted by molar-refractivity contribution is -0.139. The lowest BCUT2D eigenvalue weighted by Crippen LogP contribution is -2.12. The number of hydrogen-bond donors (Lipinski definition) is 1. The molecule has 0 saturated heterocycles. The van der Waals surface area contributed by atoms with Gasteiger partial charge in [-0.05, 0) is 11.1 Å². The summed E-state index contributed by atoms with van der Waals surface area (Å²) < 4.78 is 5.10. The maximum Gasteiger partial charge on any atom is 0.349 e. The van der Waals surface area contributed by atoms with Gasteiger partial charge in [0.25, 0.3) is 0 Å². The van der Waals surface area contributed by atoms with Crippen LogP contribution in [-0.2, 0) is 14.3 Å². The average Bonchev–Trinajstić information content (AvgIpc) is 2.67. The molecule has 0 unspecified atom stereocenters. The number of esters is 1. The van der Waals surface area contributed by atoms with Crippen molar-refractivity contribution >= 4 is 17.5 Å². The molecule has 0 saturated carbocycles. The van der Waals surface area contributed by atoms with Gasteiger partial charge in [0.15, 0.2) is 0 Å². The van der Waals surface area contributed by atoms with Crippen LogP contribution in [0.4, 0.5) is 0 Å². The Morgan fingerprint density at radius 2 is 1.50 bits per heavy atom. The second-order valence-corrected chi connectivity index (χ2v) is 5.39. The number of aliphatic carboxylic acids is 1. The van der Waals surface area contributed by atoms with Crippen molar-refractivity contribution in [1.82, 2.24) is 0 Å². The quantitative estimate of drug-likeness (QED) is 0.470. The predicted octanol–water partition coefficient (Wildman–Crippen LogP) is 3.59. The normalized spacial score (nSPS) is 9.65. The maximum absolute atomic E-state index is 12.4. The molecule has 5 heteroatoms. The zero-order valence-corrected chi connectivity index (χ0v) is 14.0. The van der Waals surface area contributed by atoms with E-state index in [0.717, 1.165) is 0 Å². The second kappa shape index (κ2) is 9.00. The van der Waals surface area contributed by atoms with Crippen LogP contribution in [0, 0.1) is 11.3 Å². The van der Waals surface area contributed by atoms with E-state index in [9.17, 15) is 14.9 Å². The molecule has 5 nitrogen and oxygen atoms in total. The number of rotatable bonds is 7. The topological polar surface area (TPSA) is 87.4 Å². The van der Waals surface area contributed by atoms with Crippen molar-refractivity contribution < 1.29 is 19.4 Å². The Hall–Kier alpha value is -3.65. The number of carboxylic acids is 1. The molecule has 0 amide bonds. The molecular weight excluding hydrogens is 330 g/mol. The van der Waals surface area contributed by atoms with Crippen molar-refractivity contribution in [2.45, 2.75) is 6.42 Å². The summed E-state index contributed by atoms with van der Waals surface area (Å²) in [5.74, 6) is -1.94. The minimum absolute atomic E-state index is 0.00815. The molecule has 2 rings (SSSR count). The zero-order valence-electron chi connectivity index (χ0n) is 14.0. The van der Waals surface area contributed by atoms with Gasteiger partial charge in [0.2, 0.25) is 0 Å². The highest BCUT2D eigenvalue weighted by molar-refractivity contribution is 6.05. The van der Waals surface area contributed by atoms with Crippen molar-refractivity contribution in [3.63, 3.8) is 0 Å². The summed E-state index contributed by atoms with van der Waals surface area (Å²) in [6.07, 6.45) is -0.00815. The summed E-state index contributed by atoms with van der Waals surface area (Å²) in [5, 5.41) is 18.4. The number of benzene rings is 2. The van der Waals surface area contributed by atoms with Crippen molar-refractivity contribution in [2.75, 3.05) is 6.61 Å². The van der Waals surface area contributed by atoms with Crippen LogP contribution >= 0.6 is 0 Å². The first-order valence-corrected chi connectivity index (χ1v) is 7.88. The van der Waals surface area contributed by atoms with E-state index in [4.69, 9.17) is 9.84 Å². The Bertz CT molecular complexity index is 836. The number of nitriles is 1. The van der Waals surface area contributed by atoms with Crippen molar-refractivity contribution in [1.29, 1.82) is 5.26 Å². The van der Waals surface area contributed by atoms with Crippen LogP contribution in [0.2, 0.25) is 0 Å². The molecule has 26 heavy (non-hydrogen) atoms. The first kappa shape index (κ1) is 18.7. The van der Waals surface area contributed by atoms with E-state index in [1.807, 2.05) is 42.5 Å². The number of hydrogen-bond acceptors (Lipinski definition) is 4. The average molecular weight is 347 g/mol. The molecular formula is C21H17NO4. The van der Waals surface area contributed by atoms with Crippen LogP contribution in [0.25, 0.3) is 5.57 Å². The van der Waals surface area contributed by atoms with Crippen LogP contribution in [0.15, 0.2) is 78.4 Å². The zero-order chi connectivity index (χ0) is 18.9. The third kappa shape index (κ3) is 4.68. The molecule has 0 bridgehead atoms. The Balaban J connectivity index is 2.36. The summed E-state index contributed by atoms with van der Waals surface area (Å²) in [6.45, 7) is 3.22. The SMILES string of the molecule is C=C(CCOC(=O)C(C#N)=C(c1ccccc1)c1ccccc1)C(=O)O. The highest BCUT2D eigenvalue weighted by atomic mass is 16.5. The van der Waals surface area contributed by atoms with Gasteiger partial charge in [0, 0.05) is 17.6 Å². The molecule has 0 fully saturated rings. The summed E-state index contributed by atoms with van der Waals surface area (Å²) in [6, 6.07) is 20.1. The van der Waals surface area contributed by atoms with Gasteiger partial charge in [-0.1, -0.05) is 67.2 Å². The van der Waals surface area contributed by atoms with Gasteiger partial charge in [-0.15, -0.1) is 0 Å². The fourth-order valence-corrected chi connectivity index (χ4v) is 2.31. The predicted molar refractivity (Wildman–Crippen MR) is 96.9 cm³/mol. The van der Waals surface area contributed by atoms with Gasteiger partial charge in [-0.3, -0.25) is 0 Å². The van der Waals surface area contributed by atoms with E-state index in [2.05, 4.69) is 6.58 Å². The summed E-state index contributed by atoms with van der Waals surface area (Å²) >= 11 is 0. The highest BCUT2D eigenvalue weighted by Gasteiger charge is 2.20. The maximum atomic E-state index is 12.4. The Labute approximate surface area is 151 Å². The second-order valence-electron chi connectivity index (χ2n) is 5.39. The monoisotopic (exact) mass is 347 g/mol. The van der Waals surface area contributed by atoms with Crippen LogP contribution < -0.4 is 0 Å². The van der Waals surface area contributed by atoms with Gasteiger partial charge in [0.05, 0.1) is 6.61 Å². The molecule has 0 aliphatic carbocycles. The third-order valence-electron chi connectivity index (χ3n) is 3.63. The van der Waals surface area contributed by atoms with Gasteiger partial charge in [-0.25, -0.2) is 9.59 Å². The van der Waals surface area contributed by atoms with E-state index in [1.54, 1.807) is 24.3 Å². The lowest BCUT2D eigenvalue weighted by atomic mass is 9.93. The van der Waals surface area contributed by atoms with E-state index >= 15 is 0 Å².